The van der Waals surface area contributed by atoms with Crippen LogP contribution in [0.25, 0.3) is 22.3 Å². The van der Waals surface area contributed by atoms with E-state index in [2.05, 4.69) is 5.32 Å². The maximum atomic E-state index is 13.4. The van der Waals surface area contributed by atoms with Crippen LogP contribution in [-0.4, -0.2) is 81.2 Å². The molecule has 0 saturated carbocycles. The number of ether oxygens (including phenoxy) is 2. The van der Waals surface area contributed by atoms with Crippen molar-refractivity contribution in [3.05, 3.63) is 57.4 Å². The van der Waals surface area contributed by atoms with E-state index in [1.54, 1.807) is 40.7 Å². The summed E-state index contributed by atoms with van der Waals surface area (Å²) in [6.45, 7) is 7.83. The van der Waals surface area contributed by atoms with Crippen LogP contribution in [0.1, 0.15) is 43.9 Å². The highest BCUT2D eigenvalue weighted by atomic mass is 16.6. The number of pyridine rings is 2. The van der Waals surface area contributed by atoms with Crippen molar-refractivity contribution in [1.29, 1.82) is 0 Å². The van der Waals surface area contributed by atoms with Gasteiger partial charge in [-0.25, -0.2) is 14.6 Å². The van der Waals surface area contributed by atoms with E-state index in [-0.39, 0.29) is 54.8 Å². The van der Waals surface area contributed by atoms with Crippen molar-refractivity contribution in [2.75, 3.05) is 32.7 Å². The Morgan fingerprint density at radius 3 is 2.64 bits per heavy atom. The average Bonchev–Trinajstić information content (AvgIpc) is 3.32. The Morgan fingerprint density at radius 1 is 1.17 bits per heavy atom. The third-order valence-corrected chi connectivity index (χ3v) is 8.16. The molecule has 2 amide bonds. The Bertz CT molecular complexity index is 1670. The molecule has 1 saturated heterocycles. The fourth-order valence-corrected chi connectivity index (χ4v) is 5.88. The molecule has 3 aromatic rings. The summed E-state index contributed by atoms with van der Waals surface area (Å²) in [6, 6.07) is 8.86. The normalized spacial score (nSPS) is 19.7. The number of nitrogens with one attached hydrogen (secondary N) is 1. The van der Waals surface area contributed by atoms with Gasteiger partial charge in [0.2, 0.25) is 5.91 Å². The molecule has 42 heavy (non-hydrogen) atoms. The Hall–Kier alpha value is -4.29. The van der Waals surface area contributed by atoms with Gasteiger partial charge >= 0.3 is 12.1 Å². The summed E-state index contributed by atoms with van der Waals surface area (Å²) < 4.78 is 12.5. The zero-order valence-electron chi connectivity index (χ0n) is 23.8. The van der Waals surface area contributed by atoms with Gasteiger partial charge in [-0.2, -0.15) is 0 Å². The standard InChI is InChI=1S/C30H33N5O7/c1-4-30(40)21-13-23-26-18(14-35(23)27(37)20(21)16-41-28(30)38)12-19-22(32-26)6-5-7-24(19)42-29(39)34-10-8-33(9-11-34)15-25(36)31-17(2)3/h5-7,12-13,17,40H,4,8-11,14-16H2,1-3H3,(H,31,36)/t30-/m0/s1. The van der Waals surface area contributed by atoms with Gasteiger partial charge < -0.3 is 29.4 Å². The molecule has 1 atom stereocenters. The molecule has 220 valence electrons. The molecular weight excluding hydrogens is 542 g/mol. The summed E-state index contributed by atoms with van der Waals surface area (Å²) >= 11 is 0. The number of rotatable bonds is 5. The fourth-order valence-electron chi connectivity index (χ4n) is 5.88. The number of amides is 2. The predicted molar refractivity (Wildman–Crippen MR) is 152 cm³/mol. The molecule has 2 aromatic heterocycles. The third kappa shape index (κ3) is 4.70. The minimum atomic E-state index is -1.89. The van der Waals surface area contributed by atoms with Gasteiger partial charge in [-0.3, -0.25) is 14.5 Å². The number of carbonyl (C=O) groups is 3. The fraction of sp³-hybridized carbons (Fsp3) is 0.433. The SMILES string of the molecule is CC[C@@]1(O)C(=O)OCc2c1cc1n(c2=O)Cc2cc3c(OC(=O)N4CCN(CC(=O)NC(C)C)CC4)cccc3nc2-1. The van der Waals surface area contributed by atoms with Crippen LogP contribution in [0.2, 0.25) is 0 Å². The van der Waals surface area contributed by atoms with E-state index in [0.717, 1.165) is 5.56 Å². The summed E-state index contributed by atoms with van der Waals surface area (Å²) in [6.07, 6.45) is -0.415. The summed E-state index contributed by atoms with van der Waals surface area (Å²) in [4.78, 5) is 59.4. The van der Waals surface area contributed by atoms with Crippen LogP contribution in [0.3, 0.4) is 0 Å². The second-order valence-electron chi connectivity index (χ2n) is 11.3. The number of aliphatic hydroxyl groups is 1. The molecule has 12 nitrogen and oxygen atoms in total. The van der Waals surface area contributed by atoms with E-state index >= 15 is 0 Å². The summed E-state index contributed by atoms with van der Waals surface area (Å²) in [5.74, 6) is -0.450. The molecule has 5 heterocycles. The summed E-state index contributed by atoms with van der Waals surface area (Å²) in [5.41, 5.74) is 0.701. The van der Waals surface area contributed by atoms with Gasteiger partial charge in [0.1, 0.15) is 12.4 Å². The number of hydrogen-bond donors (Lipinski definition) is 2. The lowest BCUT2D eigenvalue weighted by molar-refractivity contribution is -0.172. The molecule has 0 aliphatic carbocycles. The number of hydrogen-bond acceptors (Lipinski definition) is 9. The second kappa shape index (κ2) is 10.5. The maximum Gasteiger partial charge on any atom is 0.415 e. The highest BCUT2D eigenvalue weighted by Crippen LogP contribution is 2.39. The lowest BCUT2D eigenvalue weighted by atomic mass is 9.86. The highest BCUT2D eigenvalue weighted by Gasteiger charge is 2.45. The number of carbonyl (C=O) groups excluding carboxylic acids is 3. The van der Waals surface area contributed by atoms with Crippen LogP contribution in [0, 0.1) is 0 Å². The lowest BCUT2D eigenvalue weighted by Gasteiger charge is -2.33. The maximum absolute atomic E-state index is 13.4. The van der Waals surface area contributed by atoms with Crippen molar-refractivity contribution in [3.8, 4) is 17.1 Å². The molecule has 0 radical (unpaired) electrons. The number of nitrogens with zero attached hydrogens (tertiary/aromatic N) is 4. The number of piperazine rings is 1. The smallest absolute Gasteiger partial charge is 0.415 e. The Labute approximate surface area is 241 Å². The van der Waals surface area contributed by atoms with Crippen molar-refractivity contribution in [1.82, 2.24) is 24.7 Å². The van der Waals surface area contributed by atoms with E-state index in [0.29, 0.717) is 54.2 Å². The molecule has 1 fully saturated rings. The second-order valence-corrected chi connectivity index (χ2v) is 11.3. The first-order valence-electron chi connectivity index (χ1n) is 14.2. The number of aromatic nitrogens is 2. The van der Waals surface area contributed by atoms with Crippen LogP contribution in [0.15, 0.2) is 35.1 Å². The molecule has 3 aliphatic heterocycles. The number of cyclic esters (lactones) is 1. The number of fused-ring (bicyclic) bond motifs is 5. The molecule has 0 bridgehead atoms. The van der Waals surface area contributed by atoms with E-state index in [1.165, 1.54) is 0 Å². The average molecular weight is 576 g/mol. The molecule has 0 unspecified atom stereocenters. The van der Waals surface area contributed by atoms with Crippen LogP contribution >= 0.6 is 0 Å². The molecular formula is C30H33N5O7. The first kappa shape index (κ1) is 27.9. The Balaban J connectivity index is 1.24. The molecule has 12 heteroatoms. The zero-order chi connectivity index (χ0) is 29.8. The van der Waals surface area contributed by atoms with Crippen molar-refractivity contribution in [2.45, 2.75) is 52.0 Å². The minimum Gasteiger partial charge on any atom is -0.458 e. The monoisotopic (exact) mass is 575 g/mol. The Morgan fingerprint density at radius 2 is 1.93 bits per heavy atom. The molecule has 3 aliphatic rings. The van der Waals surface area contributed by atoms with Gasteiger partial charge in [0.15, 0.2) is 5.60 Å². The quantitative estimate of drug-likeness (QED) is 0.340. The van der Waals surface area contributed by atoms with E-state index < -0.39 is 17.7 Å². The predicted octanol–water partition coefficient (Wildman–Crippen LogP) is 1.72. The van der Waals surface area contributed by atoms with Crippen LogP contribution in [-0.2, 0) is 33.1 Å². The van der Waals surface area contributed by atoms with Crippen molar-refractivity contribution in [3.63, 3.8) is 0 Å². The third-order valence-electron chi connectivity index (χ3n) is 8.16. The first-order valence-corrected chi connectivity index (χ1v) is 14.2. The lowest BCUT2D eigenvalue weighted by Crippen LogP contribution is -2.52. The van der Waals surface area contributed by atoms with Crippen molar-refractivity contribution in [2.24, 2.45) is 0 Å². The molecule has 6 rings (SSSR count). The van der Waals surface area contributed by atoms with Crippen LogP contribution in [0.5, 0.6) is 5.75 Å². The van der Waals surface area contributed by atoms with Gasteiger partial charge in [0, 0.05) is 48.7 Å². The Kier molecular flexibility index (Phi) is 6.98. The summed E-state index contributed by atoms with van der Waals surface area (Å²) in [7, 11) is 0. The van der Waals surface area contributed by atoms with Crippen LogP contribution in [0.4, 0.5) is 4.79 Å². The van der Waals surface area contributed by atoms with Crippen molar-refractivity contribution >= 4 is 28.9 Å². The molecule has 0 spiro atoms. The molecule has 2 N–H and O–H groups in total. The van der Waals surface area contributed by atoms with Gasteiger partial charge in [-0.05, 0) is 44.5 Å². The van der Waals surface area contributed by atoms with Gasteiger partial charge in [0.25, 0.3) is 5.56 Å². The number of benzene rings is 1. The van der Waals surface area contributed by atoms with Gasteiger partial charge in [-0.15, -0.1) is 0 Å². The zero-order valence-corrected chi connectivity index (χ0v) is 23.8. The van der Waals surface area contributed by atoms with Crippen molar-refractivity contribution < 1.29 is 29.0 Å². The minimum absolute atomic E-state index is 0.0377. The molecule has 1 aromatic carbocycles. The summed E-state index contributed by atoms with van der Waals surface area (Å²) in [5, 5.41) is 14.6. The number of esters is 1. The van der Waals surface area contributed by atoms with E-state index in [4.69, 9.17) is 14.5 Å². The van der Waals surface area contributed by atoms with Crippen LogP contribution < -0.4 is 15.6 Å². The highest BCUT2D eigenvalue weighted by molar-refractivity contribution is 5.91. The first-order chi connectivity index (χ1) is 20.1. The van der Waals surface area contributed by atoms with Gasteiger partial charge in [0.05, 0.1) is 35.6 Å². The van der Waals surface area contributed by atoms with E-state index in [9.17, 15) is 24.3 Å². The largest absolute Gasteiger partial charge is 0.458 e. The van der Waals surface area contributed by atoms with Gasteiger partial charge in [-0.1, -0.05) is 13.0 Å². The topological polar surface area (TPSA) is 143 Å². The van der Waals surface area contributed by atoms with E-state index in [1.807, 2.05) is 24.8 Å².